The van der Waals surface area contributed by atoms with E-state index in [1.54, 1.807) is 6.07 Å². The molecule has 5 heteroatoms. The maximum absolute atomic E-state index is 9.82. The standard InChI is InChI=1S/C24H18BNO3/c27-25(28)20-14-13-16(15-21(20)26-17-7-2-1-3-8-17)18-10-6-12-23-24(18)19-9-4-5-11-22(19)29-23/h1-15,26-28H. The van der Waals surface area contributed by atoms with Crippen LogP contribution >= 0.6 is 0 Å². The Morgan fingerprint density at radius 1 is 0.724 bits per heavy atom. The van der Waals surface area contributed by atoms with Gasteiger partial charge in [-0.15, -0.1) is 0 Å². The molecule has 5 rings (SSSR count). The molecule has 0 saturated heterocycles. The van der Waals surface area contributed by atoms with E-state index in [1.165, 1.54) is 0 Å². The van der Waals surface area contributed by atoms with Crippen molar-refractivity contribution in [1.82, 2.24) is 0 Å². The molecule has 0 spiro atoms. The van der Waals surface area contributed by atoms with Gasteiger partial charge in [-0.1, -0.05) is 60.7 Å². The summed E-state index contributed by atoms with van der Waals surface area (Å²) in [6.45, 7) is 0. The minimum absolute atomic E-state index is 0.418. The van der Waals surface area contributed by atoms with Crippen LogP contribution in [0, 0.1) is 0 Å². The summed E-state index contributed by atoms with van der Waals surface area (Å²) in [5, 5.41) is 25.1. The van der Waals surface area contributed by atoms with Crippen LogP contribution in [0.4, 0.5) is 11.4 Å². The zero-order valence-electron chi connectivity index (χ0n) is 15.5. The van der Waals surface area contributed by atoms with Gasteiger partial charge in [0.25, 0.3) is 0 Å². The number of nitrogens with one attached hydrogen (secondary N) is 1. The highest BCUT2D eigenvalue weighted by Gasteiger charge is 2.18. The molecule has 1 aromatic heterocycles. The van der Waals surface area contributed by atoms with Crippen molar-refractivity contribution in [3.05, 3.63) is 91.0 Å². The van der Waals surface area contributed by atoms with Gasteiger partial charge in [0, 0.05) is 27.6 Å². The number of hydrogen-bond donors (Lipinski definition) is 3. The van der Waals surface area contributed by atoms with Crippen molar-refractivity contribution in [2.45, 2.75) is 0 Å². The SMILES string of the molecule is OB(O)c1ccc(-c2cccc3oc4ccccc4c23)cc1Nc1ccccc1. The molecule has 0 unspecified atom stereocenters. The molecule has 3 N–H and O–H groups in total. The van der Waals surface area contributed by atoms with Gasteiger partial charge in [-0.25, -0.2) is 0 Å². The zero-order valence-corrected chi connectivity index (χ0v) is 15.5. The fourth-order valence-electron chi connectivity index (χ4n) is 3.75. The molecule has 0 saturated carbocycles. The van der Waals surface area contributed by atoms with Gasteiger partial charge in [-0.05, 0) is 41.5 Å². The number of furan rings is 1. The molecule has 0 atom stereocenters. The third kappa shape index (κ3) is 3.16. The van der Waals surface area contributed by atoms with E-state index in [0.29, 0.717) is 11.2 Å². The van der Waals surface area contributed by atoms with Gasteiger partial charge in [-0.2, -0.15) is 0 Å². The molecule has 4 nitrogen and oxygen atoms in total. The summed E-state index contributed by atoms with van der Waals surface area (Å²) in [5.74, 6) is 0. The molecule has 140 valence electrons. The summed E-state index contributed by atoms with van der Waals surface area (Å²) in [6.07, 6.45) is 0. The van der Waals surface area contributed by atoms with Crippen LogP contribution in [0.1, 0.15) is 0 Å². The lowest BCUT2D eigenvalue weighted by molar-refractivity contribution is 0.426. The third-order valence-corrected chi connectivity index (χ3v) is 5.10. The van der Waals surface area contributed by atoms with E-state index in [-0.39, 0.29) is 0 Å². The predicted octanol–water partition coefficient (Wildman–Crippen LogP) is 4.68. The average molecular weight is 379 g/mol. The lowest BCUT2D eigenvalue weighted by Crippen LogP contribution is -2.31. The first-order chi connectivity index (χ1) is 14.2. The van der Waals surface area contributed by atoms with Crippen LogP contribution in [0.25, 0.3) is 33.1 Å². The van der Waals surface area contributed by atoms with E-state index in [9.17, 15) is 10.0 Å². The van der Waals surface area contributed by atoms with Crippen LogP contribution in [0.5, 0.6) is 0 Å². The fraction of sp³-hybridized carbons (Fsp3) is 0. The average Bonchev–Trinajstić information content (AvgIpc) is 3.13. The molecule has 0 bridgehead atoms. The molecular weight excluding hydrogens is 361 g/mol. The number of fused-ring (bicyclic) bond motifs is 3. The van der Waals surface area contributed by atoms with Crippen LogP contribution in [-0.4, -0.2) is 17.2 Å². The second-order valence-corrected chi connectivity index (χ2v) is 6.94. The molecular formula is C24H18BNO3. The largest absolute Gasteiger partial charge is 0.490 e. The number of benzene rings is 4. The lowest BCUT2D eigenvalue weighted by Gasteiger charge is -2.14. The topological polar surface area (TPSA) is 65.6 Å². The summed E-state index contributed by atoms with van der Waals surface area (Å²) in [7, 11) is -1.57. The summed E-state index contributed by atoms with van der Waals surface area (Å²) >= 11 is 0. The monoisotopic (exact) mass is 379 g/mol. The summed E-state index contributed by atoms with van der Waals surface area (Å²) in [4.78, 5) is 0. The van der Waals surface area contributed by atoms with E-state index in [0.717, 1.165) is 38.8 Å². The quantitative estimate of drug-likeness (QED) is 0.397. The third-order valence-electron chi connectivity index (χ3n) is 5.10. The van der Waals surface area contributed by atoms with E-state index in [4.69, 9.17) is 4.42 Å². The van der Waals surface area contributed by atoms with Gasteiger partial charge in [-0.3, -0.25) is 0 Å². The van der Waals surface area contributed by atoms with Crippen molar-refractivity contribution in [3.8, 4) is 11.1 Å². The fourth-order valence-corrected chi connectivity index (χ4v) is 3.75. The maximum Gasteiger partial charge on any atom is 0.490 e. The van der Waals surface area contributed by atoms with Crippen molar-refractivity contribution in [1.29, 1.82) is 0 Å². The van der Waals surface area contributed by atoms with E-state index >= 15 is 0 Å². The molecule has 0 amide bonds. The van der Waals surface area contributed by atoms with E-state index in [1.807, 2.05) is 72.8 Å². The van der Waals surface area contributed by atoms with Crippen molar-refractivity contribution >= 4 is 45.9 Å². The van der Waals surface area contributed by atoms with Gasteiger partial charge in [0.2, 0.25) is 0 Å². The van der Waals surface area contributed by atoms with Crippen molar-refractivity contribution in [3.63, 3.8) is 0 Å². The summed E-state index contributed by atoms with van der Waals surface area (Å²) < 4.78 is 6.01. The molecule has 4 aromatic carbocycles. The van der Waals surface area contributed by atoms with Crippen LogP contribution in [0.15, 0.2) is 95.4 Å². The first-order valence-electron chi connectivity index (χ1n) is 9.43. The Kier molecular flexibility index (Phi) is 4.32. The Hall–Kier alpha value is -3.54. The Morgan fingerprint density at radius 3 is 2.31 bits per heavy atom. The Morgan fingerprint density at radius 2 is 1.48 bits per heavy atom. The predicted molar refractivity (Wildman–Crippen MR) is 119 cm³/mol. The van der Waals surface area contributed by atoms with Crippen LogP contribution in [0.3, 0.4) is 0 Å². The van der Waals surface area contributed by atoms with Crippen LogP contribution < -0.4 is 10.8 Å². The molecule has 1 heterocycles. The smallest absolute Gasteiger partial charge is 0.456 e. The summed E-state index contributed by atoms with van der Waals surface area (Å²) in [5.41, 5.74) is 5.61. The van der Waals surface area contributed by atoms with Crippen molar-refractivity contribution in [2.24, 2.45) is 0 Å². The first kappa shape index (κ1) is 17.6. The molecule has 0 radical (unpaired) electrons. The minimum atomic E-state index is -1.57. The zero-order chi connectivity index (χ0) is 19.8. The van der Waals surface area contributed by atoms with Gasteiger partial charge in [0.05, 0.1) is 0 Å². The number of anilines is 2. The number of rotatable bonds is 4. The van der Waals surface area contributed by atoms with Gasteiger partial charge < -0.3 is 19.8 Å². The van der Waals surface area contributed by atoms with Gasteiger partial charge in [0.1, 0.15) is 11.2 Å². The Balaban J connectivity index is 1.70. The molecule has 5 aromatic rings. The second-order valence-electron chi connectivity index (χ2n) is 6.94. The molecule has 0 aliphatic carbocycles. The van der Waals surface area contributed by atoms with Gasteiger partial charge in [0.15, 0.2) is 0 Å². The van der Waals surface area contributed by atoms with Gasteiger partial charge >= 0.3 is 7.12 Å². The molecule has 0 aliphatic rings. The molecule has 29 heavy (non-hydrogen) atoms. The molecule has 0 aliphatic heterocycles. The molecule has 0 fully saturated rings. The lowest BCUT2D eigenvalue weighted by atomic mass is 9.78. The Bertz CT molecular complexity index is 1310. The van der Waals surface area contributed by atoms with Crippen molar-refractivity contribution < 1.29 is 14.5 Å². The van der Waals surface area contributed by atoms with E-state index in [2.05, 4.69) is 17.4 Å². The first-order valence-corrected chi connectivity index (χ1v) is 9.43. The highest BCUT2D eigenvalue weighted by Crippen LogP contribution is 2.37. The highest BCUT2D eigenvalue weighted by atomic mass is 16.4. The number of hydrogen-bond acceptors (Lipinski definition) is 4. The number of para-hydroxylation sites is 2. The van der Waals surface area contributed by atoms with Crippen LogP contribution in [0.2, 0.25) is 0 Å². The summed E-state index contributed by atoms with van der Waals surface area (Å²) in [6, 6.07) is 29.2. The normalized spacial score (nSPS) is 11.1. The van der Waals surface area contributed by atoms with Crippen molar-refractivity contribution in [2.75, 3.05) is 5.32 Å². The Labute approximate surface area is 168 Å². The minimum Gasteiger partial charge on any atom is -0.456 e. The second kappa shape index (κ2) is 7.13. The maximum atomic E-state index is 9.82. The van der Waals surface area contributed by atoms with Crippen LogP contribution in [-0.2, 0) is 0 Å². The van der Waals surface area contributed by atoms with E-state index < -0.39 is 7.12 Å². The highest BCUT2D eigenvalue weighted by molar-refractivity contribution is 6.60.